The van der Waals surface area contributed by atoms with Crippen LogP contribution < -0.4 is 0 Å². The predicted molar refractivity (Wildman–Crippen MR) is 149 cm³/mol. The molecule has 8 nitrogen and oxygen atoms in total. The maximum Gasteiger partial charge on any atom is 0.249 e. The van der Waals surface area contributed by atoms with Crippen LogP contribution in [0.3, 0.4) is 0 Å². The largest absolute Gasteiger partial charge is 0.311 e. The van der Waals surface area contributed by atoms with Gasteiger partial charge in [-0.25, -0.2) is 11.4 Å². The molecule has 0 bridgehead atoms. The molecule has 2 aliphatic heterocycles. The Balaban J connectivity index is 1.50. The molecule has 0 aliphatic carbocycles. The Morgan fingerprint density at radius 2 is 1.87 bits per heavy atom. The van der Waals surface area contributed by atoms with Gasteiger partial charge in [0, 0.05) is 18.4 Å². The predicted octanol–water partition coefficient (Wildman–Crippen LogP) is 6.03. The number of aryl methyl sites for hydroxylation is 1. The van der Waals surface area contributed by atoms with Crippen molar-refractivity contribution in [3.8, 4) is 5.00 Å². The van der Waals surface area contributed by atoms with Gasteiger partial charge in [0.1, 0.15) is 22.7 Å². The normalized spacial score (nSPS) is 17.1. The van der Waals surface area contributed by atoms with Crippen molar-refractivity contribution in [2.45, 2.75) is 65.0 Å². The highest BCUT2D eigenvalue weighted by atomic mass is 32.1. The molecule has 194 valence electrons. The lowest BCUT2D eigenvalue weighted by Gasteiger charge is -2.26. The zero-order valence-electron chi connectivity index (χ0n) is 21.9. The van der Waals surface area contributed by atoms with Crippen molar-refractivity contribution in [3.63, 3.8) is 0 Å². The third-order valence-corrected chi connectivity index (χ3v) is 8.65. The molecule has 0 radical (unpaired) electrons. The average Bonchev–Trinajstić information content (AvgIpc) is 3.42. The standard InChI is InChI=1S/C29H31N7OS/c1-19-25(18-30-3)38-29-26(19)27(21-10-12-22(31-4)13-11-21)32-24(28-34-33-20(2)36(28)29)17-23(37)9-8-16-35-14-6-5-7-15-35/h10-13,24H,5-9,14-18H2,1-2H3/t24-/m0/s1. The van der Waals surface area contributed by atoms with Crippen molar-refractivity contribution in [1.82, 2.24) is 19.7 Å². The Labute approximate surface area is 227 Å². The van der Waals surface area contributed by atoms with Gasteiger partial charge < -0.3 is 9.74 Å². The number of ketones is 1. The van der Waals surface area contributed by atoms with Gasteiger partial charge >= 0.3 is 0 Å². The summed E-state index contributed by atoms with van der Waals surface area (Å²) < 4.78 is 2.02. The minimum absolute atomic E-state index is 0.182. The van der Waals surface area contributed by atoms with Crippen LogP contribution in [0.1, 0.15) is 77.8 Å². The lowest BCUT2D eigenvalue weighted by atomic mass is 9.99. The fraction of sp³-hybridized carbons (Fsp3) is 0.448. The van der Waals surface area contributed by atoms with Crippen molar-refractivity contribution in [1.29, 1.82) is 0 Å². The number of aliphatic imine (C=N–C) groups is 1. The number of hydrogen-bond donors (Lipinski definition) is 0. The number of carbonyl (C=O) groups is 1. The number of rotatable bonds is 8. The Bertz CT molecular complexity index is 1450. The minimum Gasteiger partial charge on any atom is -0.311 e. The summed E-state index contributed by atoms with van der Waals surface area (Å²) in [6.07, 6.45) is 5.47. The fourth-order valence-electron chi connectivity index (χ4n) is 5.38. The van der Waals surface area contributed by atoms with Crippen molar-refractivity contribution in [2.75, 3.05) is 19.6 Å². The van der Waals surface area contributed by atoms with E-state index in [1.807, 2.05) is 30.5 Å². The second-order valence-electron chi connectivity index (χ2n) is 9.99. The summed E-state index contributed by atoms with van der Waals surface area (Å²) in [4.78, 5) is 29.0. The molecule has 1 saturated heterocycles. The van der Waals surface area contributed by atoms with Crippen molar-refractivity contribution in [3.05, 3.63) is 80.3 Å². The van der Waals surface area contributed by atoms with E-state index in [-0.39, 0.29) is 12.2 Å². The molecule has 38 heavy (non-hydrogen) atoms. The molecule has 0 amide bonds. The van der Waals surface area contributed by atoms with Gasteiger partial charge in [-0.15, -0.1) is 21.5 Å². The van der Waals surface area contributed by atoms with E-state index in [4.69, 9.17) is 18.1 Å². The molecule has 1 aromatic carbocycles. The van der Waals surface area contributed by atoms with E-state index in [2.05, 4.69) is 24.8 Å². The highest BCUT2D eigenvalue weighted by molar-refractivity contribution is 7.15. The Morgan fingerprint density at radius 1 is 1.11 bits per heavy atom. The summed E-state index contributed by atoms with van der Waals surface area (Å²) in [7, 11) is 0. The van der Waals surface area contributed by atoms with Crippen LogP contribution in [0.15, 0.2) is 29.3 Å². The van der Waals surface area contributed by atoms with Gasteiger partial charge in [-0.05, 0) is 63.9 Å². The molecule has 0 unspecified atom stereocenters. The average molecular weight is 526 g/mol. The second-order valence-corrected chi connectivity index (χ2v) is 11.1. The van der Waals surface area contributed by atoms with Crippen LogP contribution in [-0.2, 0) is 11.3 Å². The molecule has 4 heterocycles. The third-order valence-electron chi connectivity index (χ3n) is 7.39. The van der Waals surface area contributed by atoms with Crippen LogP contribution in [0.5, 0.6) is 0 Å². The van der Waals surface area contributed by atoms with Crippen LogP contribution in [0.25, 0.3) is 14.7 Å². The SMILES string of the molecule is [C-]#[N+]Cc1sc2c(c1C)C(c1ccc([N+]#[C-])cc1)=N[C@@H](CC(=O)CCCN1CCCCC1)c1nnc(C)n1-2. The number of fused-ring (bicyclic) bond motifs is 3. The van der Waals surface area contributed by atoms with Crippen LogP contribution in [0.4, 0.5) is 5.69 Å². The first kappa shape index (κ1) is 26.0. The summed E-state index contributed by atoms with van der Waals surface area (Å²) in [6, 6.07) is 6.96. The first-order chi connectivity index (χ1) is 18.5. The van der Waals surface area contributed by atoms with Crippen LogP contribution in [0.2, 0.25) is 0 Å². The molecule has 2 aromatic heterocycles. The van der Waals surface area contributed by atoms with Gasteiger partial charge in [-0.1, -0.05) is 30.7 Å². The maximum atomic E-state index is 13.2. The number of benzene rings is 1. The van der Waals surface area contributed by atoms with E-state index < -0.39 is 6.04 Å². The molecule has 9 heteroatoms. The molecule has 2 aliphatic rings. The highest BCUT2D eigenvalue weighted by Crippen LogP contribution is 2.40. The van der Waals surface area contributed by atoms with E-state index in [0.717, 1.165) is 64.2 Å². The molecular weight excluding hydrogens is 494 g/mol. The zero-order chi connectivity index (χ0) is 26.6. The fourth-order valence-corrected chi connectivity index (χ4v) is 6.66. The van der Waals surface area contributed by atoms with E-state index in [0.29, 0.717) is 24.5 Å². The smallest absolute Gasteiger partial charge is 0.249 e. The monoisotopic (exact) mass is 525 g/mol. The van der Waals surface area contributed by atoms with Crippen LogP contribution in [-0.4, -0.2) is 50.8 Å². The Hall–Kier alpha value is -3.66. The number of thiophene rings is 1. The minimum atomic E-state index is -0.461. The molecule has 5 rings (SSSR count). The lowest BCUT2D eigenvalue weighted by Crippen LogP contribution is -2.30. The first-order valence-corrected chi connectivity index (χ1v) is 14.0. The number of aromatic nitrogens is 3. The quantitative estimate of drug-likeness (QED) is 0.337. The molecule has 3 aromatic rings. The lowest BCUT2D eigenvalue weighted by molar-refractivity contribution is -0.119. The molecule has 1 atom stereocenters. The summed E-state index contributed by atoms with van der Waals surface area (Å²) in [5.74, 6) is 1.58. The summed E-state index contributed by atoms with van der Waals surface area (Å²) in [5.41, 5.74) is 4.19. The van der Waals surface area contributed by atoms with Gasteiger partial charge in [-0.3, -0.25) is 14.4 Å². The number of likely N-dealkylation sites (tertiary alicyclic amines) is 1. The molecule has 1 fully saturated rings. The highest BCUT2D eigenvalue weighted by Gasteiger charge is 2.33. The van der Waals surface area contributed by atoms with E-state index in [1.54, 1.807) is 23.5 Å². The van der Waals surface area contributed by atoms with Gasteiger partial charge in [0.25, 0.3) is 0 Å². The zero-order valence-corrected chi connectivity index (χ0v) is 22.7. The Kier molecular flexibility index (Phi) is 7.78. The molecule has 0 spiro atoms. The van der Waals surface area contributed by atoms with E-state index >= 15 is 0 Å². The number of carbonyl (C=O) groups excluding carboxylic acids is 1. The maximum absolute atomic E-state index is 13.2. The second kappa shape index (κ2) is 11.4. The van der Waals surface area contributed by atoms with Crippen molar-refractivity contribution >= 4 is 28.5 Å². The molecular formula is C29H31N7OS. The van der Waals surface area contributed by atoms with Crippen molar-refractivity contribution in [2.24, 2.45) is 4.99 Å². The first-order valence-electron chi connectivity index (χ1n) is 13.2. The number of nitrogens with zero attached hydrogens (tertiary/aromatic N) is 7. The Morgan fingerprint density at radius 3 is 2.58 bits per heavy atom. The van der Waals surface area contributed by atoms with Gasteiger partial charge in [0.2, 0.25) is 6.54 Å². The summed E-state index contributed by atoms with van der Waals surface area (Å²) in [5, 5.41) is 9.80. The van der Waals surface area contributed by atoms with Crippen LogP contribution >= 0.6 is 11.3 Å². The van der Waals surface area contributed by atoms with Gasteiger partial charge in [0.15, 0.2) is 11.5 Å². The third kappa shape index (κ3) is 5.18. The van der Waals surface area contributed by atoms with Gasteiger partial charge in [0.05, 0.1) is 17.2 Å². The van der Waals surface area contributed by atoms with Gasteiger partial charge in [-0.2, -0.15) is 0 Å². The molecule has 0 N–H and O–H groups in total. The number of hydrogen-bond acceptors (Lipinski definition) is 6. The summed E-state index contributed by atoms with van der Waals surface area (Å²) in [6.45, 7) is 22.2. The topological polar surface area (TPSA) is 72.1 Å². The summed E-state index contributed by atoms with van der Waals surface area (Å²) >= 11 is 1.57. The molecule has 0 saturated carbocycles. The van der Waals surface area contributed by atoms with Crippen molar-refractivity contribution < 1.29 is 4.79 Å². The number of piperidine rings is 1. The van der Waals surface area contributed by atoms with Crippen LogP contribution in [0, 0.1) is 27.0 Å². The van der Waals surface area contributed by atoms with E-state index in [9.17, 15) is 4.79 Å². The van der Waals surface area contributed by atoms with E-state index in [1.165, 1.54) is 19.3 Å². The number of Topliss-reactive ketones (excluding diaryl/α,β-unsaturated/α-hetero) is 1.